The van der Waals surface area contributed by atoms with E-state index in [0.717, 1.165) is 18.2 Å². The first kappa shape index (κ1) is 14.5. The molecule has 1 heterocycles. The highest BCUT2D eigenvalue weighted by atomic mass is 16.6. The molecule has 2 aromatic carbocycles. The first-order valence-electron chi connectivity index (χ1n) is 6.58. The average molecular weight is 309 g/mol. The number of cyclic esters (lactones) is 1. The van der Waals surface area contributed by atoms with Crippen molar-refractivity contribution in [1.82, 2.24) is 0 Å². The van der Waals surface area contributed by atoms with Gasteiger partial charge >= 0.3 is 5.97 Å². The lowest BCUT2D eigenvalue weighted by atomic mass is 10.1. The summed E-state index contributed by atoms with van der Waals surface area (Å²) in [5, 5.41) is 22.5. The number of carbonyl (C=O) groups excluding carboxylic acids is 1. The third kappa shape index (κ3) is 2.93. The highest BCUT2D eigenvalue weighted by Gasteiger charge is 2.24. The Morgan fingerprint density at radius 3 is 2.57 bits per heavy atom. The maximum atomic E-state index is 11.9. The Morgan fingerprint density at radius 1 is 1.13 bits per heavy atom. The van der Waals surface area contributed by atoms with Gasteiger partial charge in [-0.15, -0.1) is 5.75 Å². The van der Waals surface area contributed by atoms with Gasteiger partial charge in [0.05, 0.1) is 4.92 Å². The largest absolute Gasteiger partial charge is 0.872 e. The van der Waals surface area contributed by atoms with Gasteiger partial charge < -0.3 is 9.84 Å². The molecular weight excluding hydrogens is 300 g/mol. The van der Waals surface area contributed by atoms with Crippen molar-refractivity contribution in [3.05, 3.63) is 75.5 Å². The van der Waals surface area contributed by atoms with Crippen LogP contribution in [0.3, 0.4) is 0 Å². The molecule has 0 aliphatic carbocycles. The Labute approximate surface area is 130 Å². The molecule has 0 aromatic heterocycles. The lowest BCUT2D eigenvalue weighted by molar-refractivity contribution is -0.385. The average Bonchev–Trinajstić information content (AvgIpc) is 2.91. The summed E-state index contributed by atoms with van der Waals surface area (Å²) in [6, 6.07) is 12.1. The van der Waals surface area contributed by atoms with Crippen molar-refractivity contribution in [3.63, 3.8) is 0 Å². The summed E-state index contributed by atoms with van der Waals surface area (Å²) < 4.78 is 5.06. The van der Waals surface area contributed by atoms with E-state index in [0.29, 0.717) is 5.56 Å². The molecule has 0 fully saturated rings. The predicted molar refractivity (Wildman–Crippen MR) is 79.6 cm³/mol. The zero-order valence-corrected chi connectivity index (χ0v) is 11.6. The first-order valence-corrected chi connectivity index (χ1v) is 6.58. The zero-order valence-electron chi connectivity index (χ0n) is 11.6. The highest BCUT2D eigenvalue weighted by molar-refractivity contribution is 6.12. The zero-order chi connectivity index (χ0) is 16.4. The van der Waals surface area contributed by atoms with E-state index in [1.54, 1.807) is 24.3 Å². The number of carbonyl (C=O) groups is 1. The maximum absolute atomic E-state index is 11.9. The van der Waals surface area contributed by atoms with E-state index < -0.39 is 16.6 Å². The molecule has 0 bridgehead atoms. The Bertz CT molecular complexity index is 856. The molecule has 0 amide bonds. The van der Waals surface area contributed by atoms with Crippen molar-refractivity contribution in [3.8, 4) is 5.75 Å². The van der Waals surface area contributed by atoms with Crippen molar-refractivity contribution in [2.45, 2.75) is 0 Å². The second-order valence-corrected chi connectivity index (χ2v) is 4.68. The van der Waals surface area contributed by atoms with Gasteiger partial charge in [0.25, 0.3) is 5.69 Å². The fraction of sp³-hybridized carbons (Fsp3) is 0. The topological polar surface area (TPSA) is 105 Å². The molecule has 2 aromatic rings. The molecule has 0 saturated carbocycles. The Kier molecular flexibility index (Phi) is 3.60. The van der Waals surface area contributed by atoms with E-state index in [1.807, 2.05) is 6.07 Å². The van der Waals surface area contributed by atoms with Gasteiger partial charge in [0.1, 0.15) is 0 Å². The fourth-order valence-electron chi connectivity index (χ4n) is 2.02. The van der Waals surface area contributed by atoms with Crippen LogP contribution in [0.15, 0.2) is 59.2 Å². The minimum absolute atomic E-state index is 0.00390. The summed E-state index contributed by atoms with van der Waals surface area (Å²) in [6.07, 6.45) is 1.19. The number of aliphatic imine (C=N–C) groups is 1. The Morgan fingerprint density at radius 2 is 1.87 bits per heavy atom. The molecule has 1 aliphatic heterocycles. The molecule has 7 heteroatoms. The van der Waals surface area contributed by atoms with Crippen LogP contribution in [0, 0.1) is 10.1 Å². The van der Waals surface area contributed by atoms with E-state index in [1.165, 1.54) is 6.08 Å². The lowest BCUT2D eigenvalue weighted by Crippen LogP contribution is -2.05. The fourth-order valence-corrected chi connectivity index (χ4v) is 2.02. The van der Waals surface area contributed by atoms with Gasteiger partial charge in [-0.05, 0) is 23.8 Å². The number of non-ortho nitro benzene ring substituents is 1. The van der Waals surface area contributed by atoms with Crippen LogP contribution < -0.4 is 5.11 Å². The molecule has 0 radical (unpaired) electrons. The highest BCUT2D eigenvalue weighted by Crippen LogP contribution is 2.25. The van der Waals surface area contributed by atoms with Gasteiger partial charge in [-0.25, -0.2) is 9.79 Å². The van der Waals surface area contributed by atoms with Crippen LogP contribution >= 0.6 is 0 Å². The molecule has 0 unspecified atom stereocenters. The third-order valence-electron chi connectivity index (χ3n) is 3.14. The molecular formula is C16H9N2O5-. The Hall–Kier alpha value is -3.48. The number of hydrogen-bond acceptors (Lipinski definition) is 6. The quantitative estimate of drug-likeness (QED) is 0.373. The normalized spacial score (nSPS) is 15.4. The van der Waals surface area contributed by atoms with Gasteiger partial charge in [0.15, 0.2) is 5.70 Å². The van der Waals surface area contributed by atoms with Gasteiger partial charge in [-0.2, -0.15) is 0 Å². The van der Waals surface area contributed by atoms with Crippen LogP contribution in [0.4, 0.5) is 5.69 Å². The van der Waals surface area contributed by atoms with Crippen LogP contribution in [0.25, 0.3) is 6.08 Å². The van der Waals surface area contributed by atoms with Gasteiger partial charge in [-0.3, -0.25) is 10.1 Å². The standard InChI is InChI=1S/C16H10N2O5/c19-14-7-6-12(18(21)22)8-11(14)9-13-16(20)23-15(17-13)10-4-2-1-3-5-10/h1-9,19H/p-1/b13-9+. The predicted octanol–water partition coefficient (Wildman–Crippen LogP) is 2.01. The molecule has 0 spiro atoms. The summed E-state index contributed by atoms with van der Waals surface area (Å²) in [5.74, 6) is -1.03. The second kappa shape index (κ2) is 5.72. The number of nitrogens with zero attached hydrogens (tertiary/aromatic N) is 2. The van der Waals surface area contributed by atoms with E-state index >= 15 is 0 Å². The lowest BCUT2D eigenvalue weighted by Gasteiger charge is -2.09. The molecule has 3 rings (SSSR count). The molecule has 0 N–H and O–H groups in total. The number of nitro groups is 1. The minimum atomic E-state index is -0.713. The molecule has 7 nitrogen and oxygen atoms in total. The van der Waals surface area contributed by atoms with E-state index in [4.69, 9.17) is 4.74 Å². The number of rotatable bonds is 3. The van der Waals surface area contributed by atoms with E-state index in [9.17, 15) is 20.0 Å². The number of nitro benzene ring substituents is 1. The number of benzene rings is 2. The van der Waals surface area contributed by atoms with Crippen molar-refractivity contribution in [1.29, 1.82) is 0 Å². The van der Waals surface area contributed by atoms with Crippen LogP contribution in [-0.4, -0.2) is 16.8 Å². The second-order valence-electron chi connectivity index (χ2n) is 4.68. The summed E-state index contributed by atoms with van der Waals surface area (Å²) in [4.78, 5) is 26.0. The SMILES string of the molecule is O=C1OC(c2ccccc2)=N/C1=C/c1cc([N+](=O)[O-])ccc1[O-]. The molecule has 1 aliphatic rings. The number of hydrogen-bond donors (Lipinski definition) is 0. The van der Waals surface area contributed by atoms with Crippen LogP contribution in [0.5, 0.6) is 5.75 Å². The third-order valence-corrected chi connectivity index (χ3v) is 3.14. The molecule has 0 saturated heterocycles. The summed E-state index contributed by atoms with van der Waals surface area (Å²) >= 11 is 0. The van der Waals surface area contributed by atoms with Crippen LogP contribution in [0.2, 0.25) is 0 Å². The molecule has 23 heavy (non-hydrogen) atoms. The van der Waals surface area contributed by atoms with Crippen molar-refractivity contribution in [2.75, 3.05) is 0 Å². The van der Waals surface area contributed by atoms with Gasteiger partial charge in [0.2, 0.25) is 5.90 Å². The maximum Gasteiger partial charge on any atom is 0.363 e. The Balaban J connectivity index is 2.00. The number of esters is 1. The summed E-state index contributed by atoms with van der Waals surface area (Å²) in [6.45, 7) is 0. The smallest absolute Gasteiger partial charge is 0.363 e. The van der Waals surface area contributed by atoms with Crippen molar-refractivity contribution >= 4 is 23.6 Å². The summed E-state index contributed by atoms with van der Waals surface area (Å²) in [7, 11) is 0. The molecule has 0 atom stereocenters. The first-order chi connectivity index (χ1) is 11.0. The molecule has 114 valence electrons. The van der Waals surface area contributed by atoms with Crippen LogP contribution in [0.1, 0.15) is 11.1 Å². The van der Waals surface area contributed by atoms with Crippen molar-refractivity contribution in [2.24, 2.45) is 4.99 Å². The summed E-state index contributed by atoms with van der Waals surface area (Å²) in [5.41, 5.74) is 0.298. The monoisotopic (exact) mass is 309 g/mol. The minimum Gasteiger partial charge on any atom is -0.872 e. The number of ether oxygens (including phenoxy) is 1. The van der Waals surface area contributed by atoms with Gasteiger partial charge in [-0.1, -0.05) is 24.3 Å². The van der Waals surface area contributed by atoms with E-state index in [-0.39, 0.29) is 22.8 Å². The van der Waals surface area contributed by atoms with Crippen LogP contribution in [-0.2, 0) is 9.53 Å². The van der Waals surface area contributed by atoms with Crippen molar-refractivity contribution < 1.29 is 19.6 Å². The van der Waals surface area contributed by atoms with E-state index in [2.05, 4.69) is 4.99 Å². The van der Waals surface area contributed by atoms with Gasteiger partial charge in [0, 0.05) is 17.7 Å².